The van der Waals surface area contributed by atoms with Crippen LogP contribution in [0.2, 0.25) is 0 Å². The molecule has 108 valence electrons. The Morgan fingerprint density at radius 3 is 2.85 bits per heavy atom. The Kier molecular flexibility index (Phi) is 5.72. The third-order valence-electron chi connectivity index (χ3n) is 3.23. The first-order chi connectivity index (χ1) is 9.85. The first kappa shape index (κ1) is 14.7. The van der Waals surface area contributed by atoms with Crippen molar-refractivity contribution in [3.8, 4) is 23.3 Å². The van der Waals surface area contributed by atoms with E-state index < -0.39 is 0 Å². The second-order valence-electron chi connectivity index (χ2n) is 4.68. The van der Waals surface area contributed by atoms with Gasteiger partial charge in [-0.3, -0.25) is 0 Å². The highest BCUT2D eigenvalue weighted by Gasteiger charge is 2.14. The maximum Gasteiger partial charge on any atom is 0.161 e. The molecule has 1 aromatic carbocycles. The summed E-state index contributed by atoms with van der Waals surface area (Å²) in [5.41, 5.74) is 6.98. The van der Waals surface area contributed by atoms with E-state index in [1.807, 2.05) is 25.1 Å². The Hall–Kier alpha value is -1.70. The van der Waals surface area contributed by atoms with Crippen LogP contribution in [0.1, 0.15) is 31.4 Å². The van der Waals surface area contributed by atoms with Crippen molar-refractivity contribution in [1.29, 1.82) is 0 Å². The monoisotopic (exact) mass is 274 g/mol. The molecule has 0 bridgehead atoms. The van der Waals surface area contributed by atoms with Gasteiger partial charge in [-0.05, 0) is 24.6 Å². The molecule has 0 radical (unpaired) electrons. The molecule has 0 saturated carbocycles. The van der Waals surface area contributed by atoms with E-state index >= 15 is 0 Å². The standard InChI is InChI=1S/C16H22N2O2/c1-2-3-4-8-18-14(12-17)13-6-7-15-16(11-13)20-10-5-9-19-15/h6-7,11,14,18H,4-5,8-10,12,17H2,1H3. The zero-order valence-electron chi connectivity index (χ0n) is 11.9. The lowest BCUT2D eigenvalue weighted by atomic mass is 10.1. The van der Waals surface area contributed by atoms with Crippen LogP contribution in [-0.4, -0.2) is 26.3 Å². The van der Waals surface area contributed by atoms with Crippen molar-refractivity contribution in [2.24, 2.45) is 5.73 Å². The summed E-state index contributed by atoms with van der Waals surface area (Å²) in [7, 11) is 0. The maximum atomic E-state index is 5.86. The number of nitrogens with two attached hydrogens (primary N) is 1. The molecule has 1 aromatic rings. The van der Waals surface area contributed by atoms with Crippen LogP contribution in [0.15, 0.2) is 18.2 Å². The van der Waals surface area contributed by atoms with Gasteiger partial charge in [-0.25, -0.2) is 0 Å². The quantitative estimate of drug-likeness (QED) is 0.635. The van der Waals surface area contributed by atoms with E-state index in [9.17, 15) is 0 Å². The minimum Gasteiger partial charge on any atom is -0.490 e. The van der Waals surface area contributed by atoms with Crippen LogP contribution in [0.3, 0.4) is 0 Å². The molecular formula is C16H22N2O2. The molecule has 4 heteroatoms. The molecule has 1 unspecified atom stereocenters. The molecule has 3 N–H and O–H groups in total. The minimum absolute atomic E-state index is 0.116. The van der Waals surface area contributed by atoms with Crippen molar-refractivity contribution in [3.05, 3.63) is 23.8 Å². The van der Waals surface area contributed by atoms with Crippen molar-refractivity contribution in [1.82, 2.24) is 5.32 Å². The lowest BCUT2D eigenvalue weighted by molar-refractivity contribution is 0.297. The largest absolute Gasteiger partial charge is 0.490 e. The number of hydrogen-bond acceptors (Lipinski definition) is 4. The van der Waals surface area contributed by atoms with Gasteiger partial charge in [-0.2, -0.15) is 0 Å². The predicted octanol–water partition coefficient (Wildman–Crippen LogP) is 1.85. The predicted molar refractivity (Wildman–Crippen MR) is 79.9 cm³/mol. The Bertz CT molecular complexity index is 491. The molecule has 0 spiro atoms. The molecule has 0 aromatic heterocycles. The highest BCUT2D eigenvalue weighted by Crippen LogP contribution is 2.32. The van der Waals surface area contributed by atoms with Crippen molar-refractivity contribution in [3.63, 3.8) is 0 Å². The molecule has 0 aliphatic carbocycles. The smallest absolute Gasteiger partial charge is 0.161 e. The molecule has 4 nitrogen and oxygen atoms in total. The fourth-order valence-electron chi connectivity index (χ4n) is 2.17. The van der Waals surface area contributed by atoms with E-state index in [0.717, 1.165) is 36.4 Å². The molecule has 0 saturated heterocycles. The summed E-state index contributed by atoms with van der Waals surface area (Å²) in [5.74, 6) is 7.56. The van der Waals surface area contributed by atoms with Gasteiger partial charge in [0.1, 0.15) is 0 Å². The molecule has 2 rings (SSSR count). The van der Waals surface area contributed by atoms with Crippen LogP contribution in [0, 0.1) is 11.8 Å². The van der Waals surface area contributed by atoms with Crippen LogP contribution < -0.4 is 20.5 Å². The normalized spacial score (nSPS) is 14.9. The fourth-order valence-corrected chi connectivity index (χ4v) is 2.17. The van der Waals surface area contributed by atoms with E-state index in [0.29, 0.717) is 19.8 Å². The zero-order valence-corrected chi connectivity index (χ0v) is 11.9. The topological polar surface area (TPSA) is 56.5 Å². The average Bonchev–Trinajstić information content (AvgIpc) is 2.72. The first-order valence-electron chi connectivity index (χ1n) is 7.07. The van der Waals surface area contributed by atoms with E-state index in [1.165, 1.54) is 0 Å². The summed E-state index contributed by atoms with van der Waals surface area (Å²) in [4.78, 5) is 0. The molecule has 1 aliphatic rings. The molecule has 1 aliphatic heterocycles. The Morgan fingerprint density at radius 2 is 2.10 bits per heavy atom. The Balaban J connectivity index is 2.05. The lowest BCUT2D eigenvalue weighted by Gasteiger charge is -2.18. The third-order valence-corrected chi connectivity index (χ3v) is 3.23. The van der Waals surface area contributed by atoms with Crippen LogP contribution in [0.5, 0.6) is 11.5 Å². The van der Waals surface area contributed by atoms with Crippen molar-refractivity contribution < 1.29 is 9.47 Å². The van der Waals surface area contributed by atoms with Gasteiger partial charge in [0.2, 0.25) is 0 Å². The Labute approximate surface area is 120 Å². The average molecular weight is 274 g/mol. The Morgan fingerprint density at radius 1 is 1.30 bits per heavy atom. The van der Waals surface area contributed by atoms with Crippen LogP contribution in [0.25, 0.3) is 0 Å². The van der Waals surface area contributed by atoms with Gasteiger partial charge in [0.25, 0.3) is 0 Å². The van der Waals surface area contributed by atoms with Gasteiger partial charge in [-0.15, -0.1) is 11.8 Å². The van der Waals surface area contributed by atoms with Crippen molar-refractivity contribution >= 4 is 0 Å². The van der Waals surface area contributed by atoms with E-state index in [-0.39, 0.29) is 6.04 Å². The number of ether oxygens (including phenoxy) is 2. The summed E-state index contributed by atoms with van der Waals surface area (Å²) < 4.78 is 11.3. The number of nitrogens with one attached hydrogen (secondary N) is 1. The molecule has 1 heterocycles. The number of hydrogen-bond donors (Lipinski definition) is 2. The second-order valence-corrected chi connectivity index (χ2v) is 4.68. The number of rotatable bonds is 5. The summed E-state index contributed by atoms with van der Waals surface area (Å²) in [5, 5.41) is 3.42. The molecule has 1 atom stereocenters. The van der Waals surface area contributed by atoms with Crippen LogP contribution in [-0.2, 0) is 0 Å². The van der Waals surface area contributed by atoms with Crippen LogP contribution >= 0.6 is 0 Å². The van der Waals surface area contributed by atoms with Crippen molar-refractivity contribution in [2.75, 3.05) is 26.3 Å². The highest BCUT2D eigenvalue weighted by atomic mass is 16.5. The summed E-state index contributed by atoms with van der Waals surface area (Å²) in [6.45, 7) is 4.63. The van der Waals surface area contributed by atoms with Gasteiger partial charge < -0.3 is 20.5 Å². The number of benzene rings is 1. The van der Waals surface area contributed by atoms with E-state index in [4.69, 9.17) is 15.2 Å². The summed E-state index contributed by atoms with van der Waals surface area (Å²) in [6.07, 6.45) is 1.75. The molecule has 0 fully saturated rings. The highest BCUT2D eigenvalue weighted by molar-refractivity contribution is 5.44. The maximum absolute atomic E-state index is 5.86. The van der Waals surface area contributed by atoms with Gasteiger partial charge in [0.05, 0.1) is 13.2 Å². The van der Waals surface area contributed by atoms with Gasteiger partial charge in [-0.1, -0.05) is 6.07 Å². The molecule has 20 heavy (non-hydrogen) atoms. The van der Waals surface area contributed by atoms with Crippen molar-refractivity contribution in [2.45, 2.75) is 25.8 Å². The van der Waals surface area contributed by atoms with Gasteiger partial charge in [0.15, 0.2) is 11.5 Å². The SMILES string of the molecule is CC#CCCNC(CN)c1ccc2c(c1)OCCCO2. The van der Waals surface area contributed by atoms with E-state index in [2.05, 4.69) is 17.2 Å². The van der Waals surface area contributed by atoms with Gasteiger partial charge >= 0.3 is 0 Å². The number of fused-ring (bicyclic) bond motifs is 1. The third kappa shape index (κ3) is 3.89. The zero-order chi connectivity index (χ0) is 14.2. The molecular weight excluding hydrogens is 252 g/mol. The van der Waals surface area contributed by atoms with E-state index in [1.54, 1.807) is 0 Å². The summed E-state index contributed by atoms with van der Waals surface area (Å²) in [6, 6.07) is 6.15. The lowest BCUT2D eigenvalue weighted by Crippen LogP contribution is -2.28. The van der Waals surface area contributed by atoms with Gasteiger partial charge in [0, 0.05) is 32.0 Å². The fraction of sp³-hybridized carbons (Fsp3) is 0.500. The second kappa shape index (κ2) is 7.78. The first-order valence-corrected chi connectivity index (χ1v) is 7.07. The van der Waals surface area contributed by atoms with Crippen LogP contribution in [0.4, 0.5) is 0 Å². The minimum atomic E-state index is 0.116. The summed E-state index contributed by atoms with van der Waals surface area (Å²) >= 11 is 0. The molecule has 0 amide bonds.